The second-order valence-corrected chi connectivity index (χ2v) is 6.64. The van der Waals surface area contributed by atoms with E-state index in [-0.39, 0.29) is 24.6 Å². The van der Waals surface area contributed by atoms with Gasteiger partial charge in [-0.1, -0.05) is 18.2 Å². The molecule has 0 radical (unpaired) electrons. The number of carbonyl (C=O) groups excluding carboxylic acids is 1. The van der Waals surface area contributed by atoms with Crippen LogP contribution in [0.1, 0.15) is 6.42 Å². The van der Waals surface area contributed by atoms with Crippen LogP contribution in [-0.4, -0.2) is 73.2 Å². The van der Waals surface area contributed by atoms with Crippen molar-refractivity contribution >= 4 is 16.8 Å². The van der Waals surface area contributed by atoms with Crippen LogP contribution in [-0.2, 0) is 20.8 Å². The summed E-state index contributed by atoms with van der Waals surface area (Å²) < 4.78 is 13.1. The van der Waals surface area contributed by atoms with Crippen molar-refractivity contribution in [2.45, 2.75) is 25.1 Å². The molecule has 0 saturated carbocycles. The topological polar surface area (TPSA) is 68.6 Å². The van der Waals surface area contributed by atoms with E-state index in [9.17, 15) is 4.79 Å². The zero-order chi connectivity index (χ0) is 17.6. The zero-order valence-corrected chi connectivity index (χ0v) is 14.9. The number of carbonyl (C=O) groups is 1. The van der Waals surface area contributed by atoms with Crippen LogP contribution in [0.25, 0.3) is 10.9 Å². The third-order valence-electron chi connectivity index (χ3n) is 4.28. The van der Waals surface area contributed by atoms with Crippen molar-refractivity contribution in [1.29, 1.82) is 0 Å². The van der Waals surface area contributed by atoms with Gasteiger partial charge in [0, 0.05) is 24.7 Å². The van der Waals surface area contributed by atoms with Crippen molar-refractivity contribution in [2.24, 2.45) is 0 Å². The summed E-state index contributed by atoms with van der Waals surface area (Å²) in [6.07, 6.45) is 2.68. The predicted molar refractivity (Wildman–Crippen MR) is 95.4 cm³/mol. The first-order valence-corrected chi connectivity index (χ1v) is 8.67. The summed E-state index contributed by atoms with van der Waals surface area (Å²) in [5.74, 6) is -0.0792. The van der Waals surface area contributed by atoms with E-state index < -0.39 is 0 Å². The van der Waals surface area contributed by atoms with E-state index in [2.05, 4.69) is 15.3 Å². The number of amides is 1. The average molecular weight is 346 g/mol. The van der Waals surface area contributed by atoms with Crippen LogP contribution in [0.4, 0.5) is 0 Å². The Hall–Kier alpha value is -1.96. The molecule has 1 aliphatic rings. The highest BCUT2D eigenvalue weighted by atomic mass is 16.5. The van der Waals surface area contributed by atoms with Crippen LogP contribution < -0.4 is 5.32 Å². The molecule has 1 aromatic heterocycles. The molecule has 1 N–H and O–H groups in total. The smallest absolute Gasteiger partial charge is 0.242 e. The van der Waals surface area contributed by atoms with Crippen LogP contribution in [0, 0.1) is 0 Å². The molecular formula is C18H26N4O3. The maximum Gasteiger partial charge on any atom is 0.242 e. The van der Waals surface area contributed by atoms with E-state index >= 15 is 0 Å². The third-order valence-corrected chi connectivity index (χ3v) is 4.28. The van der Waals surface area contributed by atoms with Gasteiger partial charge in [-0.15, -0.1) is 0 Å². The summed E-state index contributed by atoms with van der Waals surface area (Å²) in [5, 5.41) is 8.49. The molecule has 7 nitrogen and oxygen atoms in total. The zero-order valence-electron chi connectivity index (χ0n) is 14.9. The van der Waals surface area contributed by atoms with Gasteiger partial charge in [0.25, 0.3) is 0 Å². The van der Waals surface area contributed by atoms with Gasteiger partial charge in [0.15, 0.2) is 0 Å². The predicted octanol–water partition coefficient (Wildman–Crippen LogP) is 0.888. The summed E-state index contributed by atoms with van der Waals surface area (Å²) in [5.41, 5.74) is 0.890. The lowest BCUT2D eigenvalue weighted by molar-refractivity contribution is -0.127. The van der Waals surface area contributed by atoms with E-state index in [0.717, 1.165) is 23.9 Å². The molecule has 1 fully saturated rings. The highest BCUT2D eigenvalue weighted by Gasteiger charge is 2.28. The lowest BCUT2D eigenvalue weighted by atomic mass is 10.1. The molecule has 1 amide bonds. The monoisotopic (exact) mass is 346 g/mol. The van der Waals surface area contributed by atoms with Gasteiger partial charge in [0.2, 0.25) is 5.91 Å². The average Bonchev–Trinajstić information content (AvgIpc) is 2.98. The van der Waals surface area contributed by atoms with E-state index in [1.54, 1.807) is 4.68 Å². The Balaban J connectivity index is 1.54. The molecule has 136 valence electrons. The number of benzene rings is 1. The summed E-state index contributed by atoms with van der Waals surface area (Å²) >= 11 is 0. The molecule has 1 aromatic carbocycles. The quantitative estimate of drug-likeness (QED) is 0.806. The Morgan fingerprint density at radius 1 is 1.44 bits per heavy atom. The van der Waals surface area contributed by atoms with Gasteiger partial charge in [-0.25, -0.2) is 0 Å². The maximum atomic E-state index is 12.4. The molecular weight excluding hydrogens is 320 g/mol. The summed E-state index contributed by atoms with van der Waals surface area (Å²) in [4.78, 5) is 14.5. The normalized spacial score (nSPS) is 20.9. The van der Waals surface area contributed by atoms with Gasteiger partial charge in [-0.3, -0.25) is 9.48 Å². The molecule has 1 aliphatic heterocycles. The van der Waals surface area contributed by atoms with Crippen LogP contribution in [0.5, 0.6) is 0 Å². The standard InChI is InChI=1S/C18H26N4O3/c1-21(2)8-10-25-17-7-9-24-13-16(17)19-18(23)12-22-11-14-5-3-4-6-15(14)20-22/h3-6,11,16-17H,7-10,12-13H2,1-2H3,(H,19,23)/t16-,17+/m0/s1. The Labute approximate surface area is 147 Å². The van der Waals surface area contributed by atoms with E-state index in [4.69, 9.17) is 9.47 Å². The minimum absolute atomic E-state index is 0.00524. The summed E-state index contributed by atoms with van der Waals surface area (Å²) in [6, 6.07) is 7.71. The van der Waals surface area contributed by atoms with E-state index in [1.165, 1.54) is 0 Å². The molecule has 25 heavy (non-hydrogen) atoms. The number of rotatable bonds is 7. The molecule has 0 aliphatic carbocycles. The molecule has 0 unspecified atom stereocenters. The number of aromatic nitrogens is 2. The van der Waals surface area contributed by atoms with Gasteiger partial charge in [-0.2, -0.15) is 5.10 Å². The first-order chi connectivity index (χ1) is 12.1. The number of nitrogens with zero attached hydrogens (tertiary/aromatic N) is 3. The van der Waals surface area contributed by atoms with Crippen molar-refractivity contribution in [2.75, 3.05) is 40.5 Å². The first-order valence-electron chi connectivity index (χ1n) is 8.67. The van der Waals surface area contributed by atoms with E-state index in [0.29, 0.717) is 19.8 Å². The molecule has 2 heterocycles. The highest BCUT2D eigenvalue weighted by molar-refractivity contribution is 5.79. The van der Waals surface area contributed by atoms with Crippen molar-refractivity contribution in [1.82, 2.24) is 20.0 Å². The lowest BCUT2D eigenvalue weighted by Gasteiger charge is -2.32. The minimum Gasteiger partial charge on any atom is -0.379 e. The van der Waals surface area contributed by atoms with Crippen molar-refractivity contribution in [3.8, 4) is 0 Å². The van der Waals surface area contributed by atoms with Gasteiger partial charge in [-0.05, 0) is 26.6 Å². The molecule has 7 heteroatoms. The fourth-order valence-electron chi connectivity index (χ4n) is 2.94. The minimum atomic E-state index is -0.117. The van der Waals surface area contributed by atoms with Crippen molar-refractivity contribution < 1.29 is 14.3 Å². The molecule has 0 spiro atoms. The number of hydrogen-bond donors (Lipinski definition) is 1. The van der Waals surface area contributed by atoms with Gasteiger partial charge < -0.3 is 19.7 Å². The largest absolute Gasteiger partial charge is 0.379 e. The highest BCUT2D eigenvalue weighted by Crippen LogP contribution is 2.13. The van der Waals surface area contributed by atoms with Crippen LogP contribution in [0.3, 0.4) is 0 Å². The third kappa shape index (κ3) is 5.01. The second-order valence-electron chi connectivity index (χ2n) is 6.64. The Bertz CT molecular complexity index is 667. The van der Waals surface area contributed by atoms with Crippen LogP contribution >= 0.6 is 0 Å². The summed E-state index contributed by atoms with van der Waals surface area (Å²) in [7, 11) is 4.03. The molecule has 0 bridgehead atoms. The van der Waals surface area contributed by atoms with Gasteiger partial charge >= 0.3 is 0 Å². The molecule has 3 rings (SSSR count). The van der Waals surface area contributed by atoms with E-state index in [1.807, 2.05) is 44.6 Å². The SMILES string of the molecule is CN(C)CCO[C@@H]1CCOC[C@@H]1NC(=O)Cn1cc2ccccc2n1. The Morgan fingerprint density at radius 3 is 3.08 bits per heavy atom. The fourth-order valence-corrected chi connectivity index (χ4v) is 2.94. The fraction of sp³-hybridized carbons (Fsp3) is 0.556. The van der Waals surface area contributed by atoms with Gasteiger partial charge in [0.05, 0.1) is 30.9 Å². The van der Waals surface area contributed by atoms with Crippen molar-refractivity contribution in [3.05, 3.63) is 30.5 Å². The first kappa shape index (κ1) is 17.8. The number of likely N-dealkylation sites (N-methyl/N-ethyl adjacent to an activating group) is 1. The second kappa shape index (κ2) is 8.42. The number of ether oxygens (including phenoxy) is 2. The number of nitrogens with one attached hydrogen (secondary N) is 1. The lowest BCUT2D eigenvalue weighted by Crippen LogP contribution is -2.51. The molecule has 2 aromatic rings. The number of hydrogen-bond acceptors (Lipinski definition) is 5. The Morgan fingerprint density at radius 2 is 2.28 bits per heavy atom. The van der Waals surface area contributed by atoms with Gasteiger partial charge in [0.1, 0.15) is 6.54 Å². The summed E-state index contributed by atoms with van der Waals surface area (Å²) in [6.45, 7) is 2.85. The van der Waals surface area contributed by atoms with Crippen molar-refractivity contribution in [3.63, 3.8) is 0 Å². The maximum absolute atomic E-state index is 12.4. The van der Waals surface area contributed by atoms with Crippen LogP contribution in [0.2, 0.25) is 0 Å². The molecule has 2 atom stereocenters. The van der Waals surface area contributed by atoms with Crippen LogP contribution in [0.15, 0.2) is 30.5 Å². The number of fused-ring (bicyclic) bond motifs is 1. The molecule has 1 saturated heterocycles. The Kier molecular flexibility index (Phi) is 6.01.